The van der Waals surface area contributed by atoms with Crippen LogP contribution in [-0.4, -0.2) is 21.0 Å². The van der Waals surface area contributed by atoms with Crippen molar-refractivity contribution < 1.29 is 8.42 Å². The molecule has 0 bridgehead atoms. The Hall–Kier alpha value is -0.140. The first-order valence-corrected chi connectivity index (χ1v) is 8.58. The molecule has 0 heterocycles. The second-order valence-corrected chi connectivity index (χ2v) is 7.87. The molecule has 1 aromatic carbocycles. The number of hydrogen-bond donors (Lipinski definition) is 2. The second kappa shape index (κ2) is 7.04. The van der Waals surface area contributed by atoms with Crippen LogP contribution in [-0.2, 0) is 10.0 Å². The van der Waals surface area contributed by atoms with E-state index in [1.54, 1.807) is 12.1 Å². The van der Waals surface area contributed by atoms with Crippen LogP contribution in [0.15, 0.2) is 27.6 Å². The molecule has 108 valence electrons. The van der Waals surface area contributed by atoms with Crippen molar-refractivity contribution in [1.82, 2.24) is 4.72 Å². The molecule has 0 saturated carbocycles. The van der Waals surface area contributed by atoms with Crippen molar-refractivity contribution in [1.29, 1.82) is 0 Å². The van der Waals surface area contributed by atoms with Gasteiger partial charge >= 0.3 is 0 Å². The minimum Gasteiger partial charge on any atom is -0.327 e. The van der Waals surface area contributed by atoms with Crippen LogP contribution in [0, 0.1) is 5.92 Å². The first-order chi connectivity index (χ1) is 8.72. The Morgan fingerprint density at radius 1 is 1.42 bits per heavy atom. The highest BCUT2D eigenvalue weighted by atomic mass is 79.9. The van der Waals surface area contributed by atoms with Crippen LogP contribution in [0.25, 0.3) is 0 Å². The lowest BCUT2D eigenvalue weighted by Gasteiger charge is -2.15. The molecule has 0 spiro atoms. The summed E-state index contributed by atoms with van der Waals surface area (Å²) in [6, 6.07) is 4.44. The Morgan fingerprint density at radius 3 is 2.58 bits per heavy atom. The molecule has 0 radical (unpaired) electrons. The molecule has 1 rings (SSSR count). The molecule has 19 heavy (non-hydrogen) atoms. The molecule has 0 aliphatic heterocycles. The first kappa shape index (κ1) is 16.9. The lowest BCUT2D eigenvalue weighted by molar-refractivity contribution is 0.486. The highest BCUT2D eigenvalue weighted by Gasteiger charge is 2.19. The molecule has 4 nitrogen and oxygen atoms in total. The quantitative estimate of drug-likeness (QED) is 0.810. The van der Waals surface area contributed by atoms with Gasteiger partial charge in [0.15, 0.2) is 0 Å². The fourth-order valence-electron chi connectivity index (χ4n) is 1.68. The van der Waals surface area contributed by atoms with E-state index >= 15 is 0 Å². The van der Waals surface area contributed by atoms with Crippen molar-refractivity contribution >= 4 is 37.6 Å². The van der Waals surface area contributed by atoms with Gasteiger partial charge in [0.2, 0.25) is 10.0 Å². The van der Waals surface area contributed by atoms with E-state index in [0.717, 1.165) is 10.9 Å². The highest BCUT2D eigenvalue weighted by Crippen LogP contribution is 2.24. The summed E-state index contributed by atoms with van der Waals surface area (Å²) < 4.78 is 27.4. The Morgan fingerprint density at radius 2 is 2.05 bits per heavy atom. The molecule has 1 aromatic rings. The molecule has 0 fully saturated rings. The van der Waals surface area contributed by atoms with Gasteiger partial charge in [-0.15, -0.1) is 0 Å². The largest absolute Gasteiger partial charge is 0.327 e. The fraction of sp³-hybridized carbons (Fsp3) is 0.500. The average molecular weight is 370 g/mol. The normalized spacial score (nSPS) is 13.8. The SMILES string of the molecule is CC(C)CC(N)CNS(=O)(=O)c1ccc(Br)cc1Cl. The topological polar surface area (TPSA) is 72.2 Å². The van der Waals surface area contributed by atoms with Crippen molar-refractivity contribution in [2.45, 2.75) is 31.2 Å². The Labute approximate surface area is 127 Å². The number of hydrogen-bond acceptors (Lipinski definition) is 3. The van der Waals surface area contributed by atoms with Crippen molar-refractivity contribution in [2.24, 2.45) is 11.7 Å². The predicted octanol–water partition coefficient (Wildman–Crippen LogP) is 2.75. The average Bonchev–Trinajstić information content (AvgIpc) is 2.25. The monoisotopic (exact) mass is 368 g/mol. The number of benzene rings is 1. The molecule has 7 heteroatoms. The van der Waals surface area contributed by atoms with Gasteiger partial charge in [0.25, 0.3) is 0 Å². The Kier molecular flexibility index (Phi) is 6.26. The van der Waals surface area contributed by atoms with Gasteiger partial charge in [-0.25, -0.2) is 13.1 Å². The fourth-order valence-corrected chi connectivity index (χ4v) is 3.81. The molecule has 0 saturated heterocycles. The van der Waals surface area contributed by atoms with Gasteiger partial charge in [-0.3, -0.25) is 0 Å². The lowest BCUT2D eigenvalue weighted by atomic mass is 10.1. The van der Waals surface area contributed by atoms with Crippen LogP contribution >= 0.6 is 27.5 Å². The summed E-state index contributed by atoms with van der Waals surface area (Å²) in [5.74, 6) is 0.427. The van der Waals surface area contributed by atoms with Crippen molar-refractivity contribution in [3.05, 3.63) is 27.7 Å². The first-order valence-electron chi connectivity index (χ1n) is 5.92. The molecule has 3 N–H and O–H groups in total. The van der Waals surface area contributed by atoms with E-state index in [1.807, 2.05) is 13.8 Å². The van der Waals surface area contributed by atoms with Crippen LogP contribution in [0.4, 0.5) is 0 Å². The minimum absolute atomic E-state index is 0.0640. The molecule has 0 aliphatic rings. The Bertz CT molecular complexity index is 535. The van der Waals surface area contributed by atoms with Crippen LogP contribution in [0.5, 0.6) is 0 Å². The van der Waals surface area contributed by atoms with Crippen LogP contribution < -0.4 is 10.5 Å². The maximum atomic E-state index is 12.1. The van der Waals surface area contributed by atoms with Gasteiger partial charge in [-0.2, -0.15) is 0 Å². The summed E-state index contributed by atoms with van der Waals surface area (Å²) in [5, 5.41) is 0.180. The van der Waals surface area contributed by atoms with E-state index < -0.39 is 10.0 Å². The number of nitrogens with one attached hydrogen (secondary N) is 1. The molecule has 1 atom stereocenters. The van der Waals surface area contributed by atoms with Gasteiger partial charge < -0.3 is 5.73 Å². The van der Waals surface area contributed by atoms with Gasteiger partial charge in [-0.05, 0) is 30.5 Å². The molecule has 0 aromatic heterocycles. The summed E-state index contributed by atoms with van der Waals surface area (Å²) in [4.78, 5) is 0.0640. The Balaban J connectivity index is 2.76. The van der Waals surface area contributed by atoms with Gasteiger partial charge in [0.1, 0.15) is 4.90 Å². The van der Waals surface area contributed by atoms with E-state index in [4.69, 9.17) is 17.3 Å². The van der Waals surface area contributed by atoms with Gasteiger partial charge in [0.05, 0.1) is 5.02 Å². The maximum absolute atomic E-state index is 12.1. The molecule has 1 unspecified atom stereocenters. The highest BCUT2D eigenvalue weighted by molar-refractivity contribution is 9.10. The van der Waals surface area contributed by atoms with E-state index in [0.29, 0.717) is 5.92 Å². The summed E-state index contributed by atoms with van der Waals surface area (Å²) in [7, 11) is -3.62. The molecule has 0 amide bonds. The van der Waals surface area contributed by atoms with E-state index in [2.05, 4.69) is 20.7 Å². The molecular formula is C12H18BrClN2O2S. The summed E-state index contributed by atoms with van der Waals surface area (Å²) in [5.41, 5.74) is 5.85. The zero-order valence-electron chi connectivity index (χ0n) is 10.9. The number of halogens is 2. The summed E-state index contributed by atoms with van der Waals surface area (Å²) in [6.07, 6.45) is 0.761. The lowest BCUT2D eigenvalue weighted by Crippen LogP contribution is -2.38. The van der Waals surface area contributed by atoms with E-state index in [1.165, 1.54) is 6.07 Å². The van der Waals surface area contributed by atoms with Crippen molar-refractivity contribution in [3.8, 4) is 0 Å². The van der Waals surface area contributed by atoms with Crippen LogP contribution in [0.1, 0.15) is 20.3 Å². The summed E-state index contributed by atoms with van der Waals surface area (Å²) >= 11 is 9.17. The third-order valence-electron chi connectivity index (χ3n) is 2.49. The number of nitrogens with two attached hydrogens (primary N) is 1. The zero-order chi connectivity index (χ0) is 14.6. The standard InChI is InChI=1S/C12H18BrClN2O2S/c1-8(2)5-10(15)7-16-19(17,18)12-4-3-9(13)6-11(12)14/h3-4,6,8,10,16H,5,7,15H2,1-2H3. The van der Waals surface area contributed by atoms with Gasteiger partial charge in [-0.1, -0.05) is 41.4 Å². The smallest absolute Gasteiger partial charge is 0.242 e. The number of rotatable bonds is 6. The predicted molar refractivity (Wildman–Crippen MR) is 81.8 cm³/mol. The van der Waals surface area contributed by atoms with Crippen LogP contribution in [0.2, 0.25) is 5.02 Å². The van der Waals surface area contributed by atoms with E-state index in [9.17, 15) is 8.42 Å². The summed E-state index contributed by atoms with van der Waals surface area (Å²) in [6.45, 7) is 4.28. The van der Waals surface area contributed by atoms with E-state index in [-0.39, 0.29) is 22.5 Å². The van der Waals surface area contributed by atoms with Crippen LogP contribution in [0.3, 0.4) is 0 Å². The van der Waals surface area contributed by atoms with Crippen molar-refractivity contribution in [3.63, 3.8) is 0 Å². The van der Waals surface area contributed by atoms with Gasteiger partial charge in [0, 0.05) is 17.1 Å². The molecule has 0 aliphatic carbocycles. The minimum atomic E-state index is -3.62. The third-order valence-corrected chi connectivity index (χ3v) is 4.89. The second-order valence-electron chi connectivity index (χ2n) is 4.82. The third kappa shape index (κ3) is 5.39. The van der Waals surface area contributed by atoms with Crippen molar-refractivity contribution in [2.75, 3.05) is 6.54 Å². The maximum Gasteiger partial charge on any atom is 0.242 e. The molecular weight excluding hydrogens is 352 g/mol. The zero-order valence-corrected chi connectivity index (χ0v) is 14.0. The number of sulfonamides is 1.